The molecule has 2 aliphatic rings. The molecular formula is C9H17NO3S. The summed E-state index contributed by atoms with van der Waals surface area (Å²) in [7, 11) is -2.99. The highest BCUT2D eigenvalue weighted by Gasteiger charge is 2.40. The molecule has 3 unspecified atom stereocenters. The van der Waals surface area contributed by atoms with Crippen LogP contribution in [0.4, 0.5) is 0 Å². The summed E-state index contributed by atoms with van der Waals surface area (Å²) >= 11 is 0. The van der Waals surface area contributed by atoms with E-state index in [1.54, 1.807) is 6.92 Å². The zero-order valence-electron chi connectivity index (χ0n) is 8.40. The summed E-state index contributed by atoms with van der Waals surface area (Å²) in [6, 6.07) is 0.110. The first-order chi connectivity index (χ1) is 6.62. The van der Waals surface area contributed by atoms with Gasteiger partial charge in [-0.25, -0.2) is 8.42 Å². The Morgan fingerprint density at radius 2 is 2.14 bits per heavy atom. The molecule has 14 heavy (non-hydrogen) atoms. The molecule has 3 atom stereocenters. The minimum atomic E-state index is -2.99. The lowest BCUT2D eigenvalue weighted by atomic mass is 10.1. The van der Waals surface area contributed by atoms with E-state index in [0.717, 1.165) is 19.4 Å². The number of hydrogen-bond donors (Lipinski definition) is 1. The summed E-state index contributed by atoms with van der Waals surface area (Å²) in [4.78, 5) is 0. The maximum absolute atomic E-state index is 12.0. The van der Waals surface area contributed by atoms with Gasteiger partial charge in [0.05, 0.1) is 11.9 Å². The van der Waals surface area contributed by atoms with E-state index in [0.29, 0.717) is 13.2 Å². The van der Waals surface area contributed by atoms with E-state index in [4.69, 9.17) is 4.74 Å². The van der Waals surface area contributed by atoms with Gasteiger partial charge in [0.2, 0.25) is 0 Å². The van der Waals surface area contributed by atoms with Crippen LogP contribution in [0.15, 0.2) is 0 Å². The topological polar surface area (TPSA) is 55.4 Å². The molecule has 0 bridgehead atoms. The van der Waals surface area contributed by atoms with E-state index in [1.807, 2.05) is 0 Å². The molecule has 0 aromatic carbocycles. The Kier molecular flexibility index (Phi) is 2.81. The molecule has 82 valence electrons. The van der Waals surface area contributed by atoms with Crippen LogP contribution in [0.3, 0.4) is 0 Å². The van der Waals surface area contributed by atoms with Gasteiger partial charge in [-0.15, -0.1) is 0 Å². The van der Waals surface area contributed by atoms with Crippen LogP contribution in [0.25, 0.3) is 0 Å². The van der Waals surface area contributed by atoms with Gasteiger partial charge in [-0.05, 0) is 26.3 Å². The largest absolute Gasteiger partial charge is 0.380 e. The second-order valence-electron chi connectivity index (χ2n) is 4.15. The first-order valence-electron chi connectivity index (χ1n) is 5.16. The van der Waals surface area contributed by atoms with Crippen LogP contribution < -0.4 is 5.32 Å². The van der Waals surface area contributed by atoms with Crippen molar-refractivity contribution in [1.82, 2.24) is 5.32 Å². The number of hydrogen-bond acceptors (Lipinski definition) is 4. The third-order valence-electron chi connectivity index (χ3n) is 3.24. The lowest BCUT2D eigenvalue weighted by Crippen LogP contribution is -2.49. The van der Waals surface area contributed by atoms with Gasteiger partial charge < -0.3 is 10.1 Å². The Labute approximate surface area is 84.9 Å². The molecule has 2 saturated heterocycles. The molecule has 0 saturated carbocycles. The lowest BCUT2D eigenvalue weighted by Gasteiger charge is -2.30. The molecule has 5 heteroatoms. The maximum Gasteiger partial charge on any atom is 0.159 e. The normalized spacial score (nSPS) is 42.5. The summed E-state index contributed by atoms with van der Waals surface area (Å²) in [5, 5.41) is 2.76. The molecule has 2 rings (SSSR count). The molecule has 0 radical (unpaired) electrons. The predicted molar refractivity (Wildman–Crippen MR) is 54.0 cm³/mol. The zero-order valence-corrected chi connectivity index (χ0v) is 9.22. The Morgan fingerprint density at radius 3 is 2.93 bits per heavy atom. The summed E-state index contributed by atoms with van der Waals surface area (Å²) in [6.45, 7) is 3.65. The summed E-state index contributed by atoms with van der Waals surface area (Å²) in [6.07, 6.45) is 1.53. The van der Waals surface area contributed by atoms with Gasteiger partial charge in [-0.2, -0.15) is 0 Å². The summed E-state index contributed by atoms with van der Waals surface area (Å²) < 4.78 is 29.4. The van der Waals surface area contributed by atoms with Crippen LogP contribution in [0, 0.1) is 0 Å². The molecule has 0 aromatic rings. The predicted octanol–water partition coefficient (Wildman–Crippen LogP) is -0.0595. The van der Waals surface area contributed by atoms with Gasteiger partial charge in [0.25, 0.3) is 0 Å². The second-order valence-corrected chi connectivity index (χ2v) is 6.74. The molecule has 2 heterocycles. The standard InChI is InChI=1S/C9H17NO3S/c1-7-2-4-10-8-3-5-13-6-9(8)14(7,11)12/h7-10H,2-6H2,1H3. The van der Waals surface area contributed by atoms with Gasteiger partial charge in [-0.1, -0.05) is 0 Å². The minimum Gasteiger partial charge on any atom is -0.380 e. The van der Waals surface area contributed by atoms with Crippen molar-refractivity contribution in [2.45, 2.75) is 36.3 Å². The Hall–Kier alpha value is -0.130. The van der Waals surface area contributed by atoms with Crippen molar-refractivity contribution in [1.29, 1.82) is 0 Å². The maximum atomic E-state index is 12.0. The molecule has 0 spiro atoms. The van der Waals surface area contributed by atoms with Crippen molar-refractivity contribution < 1.29 is 13.2 Å². The number of fused-ring (bicyclic) bond motifs is 1. The van der Waals surface area contributed by atoms with Crippen molar-refractivity contribution in [2.24, 2.45) is 0 Å². The number of ether oxygens (including phenoxy) is 1. The first-order valence-corrected chi connectivity index (χ1v) is 6.77. The molecule has 2 aliphatic heterocycles. The second kappa shape index (κ2) is 3.79. The molecule has 0 amide bonds. The van der Waals surface area contributed by atoms with Crippen LogP contribution in [-0.2, 0) is 14.6 Å². The van der Waals surface area contributed by atoms with E-state index < -0.39 is 9.84 Å². The van der Waals surface area contributed by atoms with E-state index in [1.165, 1.54) is 0 Å². The molecule has 1 N–H and O–H groups in total. The molecule has 2 fully saturated rings. The fraction of sp³-hybridized carbons (Fsp3) is 1.00. The van der Waals surface area contributed by atoms with E-state index in [2.05, 4.69) is 5.32 Å². The van der Waals surface area contributed by atoms with E-state index >= 15 is 0 Å². The Balaban J connectivity index is 2.27. The highest BCUT2D eigenvalue weighted by Crippen LogP contribution is 2.23. The molecular weight excluding hydrogens is 202 g/mol. The quantitative estimate of drug-likeness (QED) is 0.620. The van der Waals surface area contributed by atoms with Crippen LogP contribution in [0.5, 0.6) is 0 Å². The lowest BCUT2D eigenvalue weighted by molar-refractivity contribution is 0.0819. The van der Waals surface area contributed by atoms with Gasteiger partial charge in [-0.3, -0.25) is 0 Å². The van der Waals surface area contributed by atoms with Crippen LogP contribution in [-0.4, -0.2) is 44.7 Å². The average Bonchev–Trinajstić information content (AvgIpc) is 2.27. The van der Waals surface area contributed by atoms with Gasteiger partial charge in [0, 0.05) is 12.6 Å². The monoisotopic (exact) mass is 219 g/mol. The smallest absolute Gasteiger partial charge is 0.159 e. The van der Waals surface area contributed by atoms with Gasteiger partial charge in [0.15, 0.2) is 9.84 Å². The number of nitrogens with one attached hydrogen (secondary N) is 1. The molecule has 4 nitrogen and oxygen atoms in total. The van der Waals surface area contributed by atoms with Gasteiger partial charge in [0.1, 0.15) is 5.25 Å². The van der Waals surface area contributed by atoms with E-state index in [-0.39, 0.29) is 16.5 Å². The fourth-order valence-electron chi connectivity index (χ4n) is 2.20. The first kappa shape index (κ1) is 10.4. The molecule has 0 aliphatic carbocycles. The average molecular weight is 219 g/mol. The van der Waals surface area contributed by atoms with Crippen molar-refractivity contribution in [3.05, 3.63) is 0 Å². The Morgan fingerprint density at radius 1 is 1.36 bits per heavy atom. The van der Waals surface area contributed by atoms with E-state index in [9.17, 15) is 8.42 Å². The fourth-order valence-corrected chi connectivity index (χ4v) is 4.22. The van der Waals surface area contributed by atoms with Gasteiger partial charge >= 0.3 is 0 Å². The van der Waals surface area contributed by atoms with Crippen molar-refractivity contribution in [3.8, 4) is 0 Å². The highest BCUT2D eigenvalue weighted by atomic mass is 32.2. The molecule has 0 aromatic heterocycles. The van der Waals surface area contributed by atoms with Crippen molar-refractivity contribution in [2.75, 3.05) is 19.8 Å². The minimum absolute atomic E-state index is 0.110. The van der Waals surface area contributed by atoms with Crippen LogP contribution >= 0.6 is 0 Å². The third kappa shape index (κ3) is 1.68. The number of sulfone groups is 1. The highest BCUT2D eigenvalue weighted by molar-refractivity contribution is 7.92. The van der Waals surface area contributed by atoms with Crippen LogP contribution in [0.2, 0.25) is 0 Å². The number of rotatable bonds is 0. The summed E-state index contributed by atoms with van der Waals surface area (Å²) in [5.41, 5.74) is 0. The Bertz CT molecular complexity index is 301. The van der Waals surface area contributed by atoms with Crippen LogP contribution in [0.1, 0.15) is 19.8 Å². The van der Waals surface area contributed by atoms with Crippen molar-refractivity contribution >= 4 is 9.84 Å². The third-order valence-corrected chi connectivity index (χ3v) is 5.91. The summed E-state index contributed by atoms with van der Waals surface area (Å²) in [5.74, 6) is 0. The van der Waals surface area contributed by atoms with Crippen molar-refractivity contribution in [3.63, 3.8) is 0 Å². The zero-order chi connectivity index (χ0) is 10.2. The SMILES string of the molecule is CC1CCNC2CCOCC2S1(=O)=O.